The van der Waals surface area contributed by atoms with E-state index < -0.39 is 0 Å². The number of methoxy groups -OCH3 is 1. The molecule has 1 aliphatic heterocycles. The van der Waals surface area contributed by atoms with E-state index in [9.17, 15) is 9.90 Å². The number of fused-ring (bicyclic) bond motifs is 3. The Kier molecular flexibility index (Phi) is 4.39. The number of ketones is 1. The second kappa shape index (κ2) is 7.44. The van der Waals surface area contributed by atoms with E-state index in [0.717, 1.165) is 17.7 Å². The molecule has 1 N–H and O–H groups in total. The van der Waals surface area contributed by atoms with Gasteiger partial charge in [-0.25, -0.2) is 14.5 Å². The van der Waals surface area contributed by atoms with Crippen LogP contribution in [0.15, 0.2) is 66.2 Å². The van der Waals surface area contributed by atoms with Crippen molar-refractivity contribution in [2.75, 3.05) is 7.11 Å². The van der Waals surface area contributed by atoms with Gasteiger partial charge in [0.1, 0.15) is 23.6 Å². The highest BCUT2D eigenvalue weighted by molar-refractivity contribution is 6.00. The molecule has 0 amide bonds. The number of allylic oxidation sites excluding steroid dienone is 2. The molecular weight excluding hydrogens is 420 g/mol. The average molecular weight is 440 g/mol. The van der Waals surface area contributed by atoms with Gasteiger partial charge in [-0.05, 0) is 36.2 Å². The average Bonchev–Trinajstić information content (AvgIpc) is 3.27. The summed E-state index contributed by atoms with van der Waals surface area (Å²) in [4.78, 5) is 22.3. The summed E-state index contributed by atoms with van der Waals surface area (Å²) < 4.78 is 13.0. The number of aromatic hydroxyl groups is 1. The van der Waals surface area contributed by atoms with Crippen LogP contribution >= 0.6 is 0 Å². The van der Waals surface area contributed by atoms with Gasteiger partial charge < -0.3 is 14.6 Å². The van der Waals surface area contributed by atoms with Crippen LogP contribution in [0.25, 0.3) is 17.0 Å². The lowest BCUT2D eigenvalue weighted by Crippen LogP contribution is -2.26. The van der Waals surface area contributed by atoms with Gasteiger partial charge in [0.25, 0.3) is 0 Å². The Balaban J connectivity index is 1.60. The quantitative estimate of drug-likeness (QED) is 0.513. The van der Waals surface area contributed by atoms with Crippen molar-refractivity contribution < 1.29 is 19.4 Å². The van der Waals surface area contributed by atoms with Crippen LogP contribution < -0.4 is 9.47 Å². The third kappa shape index (κ3) is 3.06. The Hall–Kier alpha value is -4.20. The Bertz CT molecular complexity index is 1440. The molecule has 1 aliphatic carbocycles. The summed E-state index contributed by atoms with van der Waals surface area (Å²) in [5, 5.41) is 14.8. The lowest BCUT2D eigenvalue weighted by molar-refractivity contribution is -0.116. The van der Waals surface area contributed by atoms with E-state index in [1.54, 1.807) is 36.2 Å². The number of rotatable bonds is 3. The number of phenolic OH excluding ortho intramolecular Hbond substituents is 1. The van der Waals surface area contributed by atoms with Crippen LogP contribution in [0.3, 0.4) is 0 Å². The first kappa shape index (κ1) is 19.5. The monoisotopic (exact) mass is 440 g/mol. The predicted molar refractivity (Wildman–Crippen MR) is 119 cm³/mol. The van der Waals surface area contributed by atoms with E-state index in [1.807, 2.05) is 30.3 Å². The first-order valence-electron chi connectivity index (χ1n) is 10.8. The smallest absolute Gasteiger partial charge is 0.228 e. The fourth-order valence-corrected chi connectivity index (χ4v) is 4.62. The van der Waals surface area contributed by atoms with Gasteiger partial charge in [0.15, 0.2) is 17.3 Å². The highest BCUT2D eigenvalue weighted by Gasteiger charge is 2.39. The summed E-state index contributed by atoms with van der Waals surface area (Å²) in [7, 11) is 1.62. The fourth-order valence-electron chi connectivity index (χ4n) is 4.62. The molecule has 2 aliphatic rings. The van der Waals surface area contributed by atoms with Crippen LogP contribution in [0.5, 0.6) is 17.4 Å². The molecule has 3 heterocycles. The van der Waals surface area contributed by atoms with Gasteiger partial charge in [0.05, 0.1) is 18.2 Å². The first-order valence-corrected chi connectivity index (χ1v) is 10.8. The SMILES string of the molecule is COc1ccc([C@@H]2C3=C(CCCC3=O)Oc3ncn4nc(-c5ccccc5O)nc4c32)cc1. The molecule has 2 aromatic heterocycles. The summed E-state index contributed by atoms with van der Waals surface area (Å²) in [5.41, 5.74) is 3.31. The predicted octanol–water partition coefficient (Wildman–Crippen LogP) is 4.04. The van der Waals surface area contributed by atoms with Gasteiger partial charge in [-0.15, -0.1) is 5.10 Å². The number of aromatic nitrogens is 4. The number of benzene rings is 2. The fraction of sp³-hybridized carbons (Fsp3) is 0.200. The lowest BCUT2D eigenvalue weighted by Gasteiger charge is -2.32. The Morgan fingerprint density at radius 1 is 1.12 bits per heavy atom. The van der Waals surface area contributed by atoms with Gasteiger partial charge in [-0.3, -0.25) is 4.79 Å². The molecule has 0 bridgehead atoms. The zero-order valence-electron chi connectivity index (χ0n) is 17.9. The van der Waals surface area contributed by atoms with Crippen molar-refractivity contribution >= 4 is 11.4 Å². The van der Waals surface area contributed by atoms with Crippen LogP contribution in [0.4, 0.5) is 0 Å². The third-order valence-electron chi connectivity index (χ3n) is 6.19. The van der Waals surface area contributed by atoms with Crippen molar-refractivity contribution in [2.24, 2.45) is 0 Å². The number of carbonyl (C=O) groups is 1. The standard InChI is InChI=1S/C25H20N4O4/c1-32-15-11-9-14(10-12-15)20-21-18(31)7-4-8-19(21)33-25-22(20)24-27-23(28-29(24)13-26-25)16-5-2-3-6-17(16)30/h2-3,5-6,9-13,20,30H,4,7-8H2,1H3/t20-/m1/s1. The molecule has 0 unspecified atom stereocenters. The van der Waals surface area contributed by atoms with Crippen LogP contribution in [0.1, 0.15) is 36.3 Å². The summed E-state index contributed by atoms with van der Waals surface area (Å²) >= 11 is 0. The van der Waals surface area contributed by atoms with E-state index in [-0.39, 0.29) is 17.5 Å². The Morgan fingerprint density at radius 3 is 2.73 bits per heavy atom. The maximum absolute atomic E-state index is 13.1. The van der Waals surface area contributed by atoms with Crippen LogP contribution in [-0.2, 0) is 4.79 Å². The number of hydrogen-bond acceptors (Lipinski definition) is 7. The lowest BCUT2D eigenvalue weighted by atomic mass is 9.78. The minimum atomic E-state index is -0.389. The number of carbonyl (C=O) groups excluding carboxylic acids is 1. The van der Waals surface area contributed by atoms with Gasteiger partial charge >= 0.3 is 0 Å². The van der Waals surface area contributed by atoms with E-state index in [0.29, 0.717) is 52.7 Å². The number of ether oxygens (including phenoxy) is 2. The van der Waals surface area contributed by atoms with Crippen molar-refractivity contribution in [1.82, 2.24) is 19.6 Å². The zero-order valence-corrected chi connectivity index (χ0v) is 17.9. The maximum Gasteiger partial charge on any atom is 0.228 e. The Labute approximate surface area is 189 Å². The number of phenols is 1. The molecular formula is C25H20N4O4. The third-order valence-corrected chi connectivity index (χ3v) is 6.19. The van der Waals surface area contributed by atoms with E-state index in [4.69, 9.17) is 14.5 Å². The molecule has 4 aromatic rings. The van der Waals surface area contributed by atoms with E-state index in [1.165, 1.54) is 0 Å². The zero-order chi connectivity index (χ0) is 22.5. The summed E-state index contributed by atoms with van der Waals surface area (Å²) in [6.45, 7) is 0. The van der Waals surface area contributed by atoms with Gasteiger partial charge in [0, 0.05) is 24.3 Å². The number of para-hydroxylation sites is 1. The van der Waals surface area contributed by atoms with Gasteiger partial charge in [0.2, 0.25) is 5.88 Å². The highest BCUT2D eigenvalue weighted by Crippen LogP contribution is 2.47. The molecule has 33 heavy (non-hydrogen) atoms. The second-order valence-corrected chi connectivity index (χ2v) is 8.11. The minimum Gasteiger partial charge on any atom is -0.507 e. The minimum absolute atomic E-state index is 0.0742. The van der Waals surface area contributed by atoms with Crippen LogP contribution in [0, 0.1) is 0 Å². The van der Waals surface area contributed by atoms with E-state index >= 15 is 0 Å². The van der Waals surface area contributed by atoms with Crippen molar-refractivity contribution in [1.29, 1.82) is 0 Å². The topological polar surface area (TPSA) is 98.8 Å². The molecule has 0 spiro atoms. The van der Waals surface area contributed by atoms with Crippen LogP contribution in [-0.4, -0.2) is 37.6 Å². The van der Waals surface area contributed by atoms with Crippen molar-refractivity contribution in [3.63, 3.8) is 0 Å². The van der Waals surface area contributed by atoms with Crippen LogP contribution in [0.2, 0.25) is 0 Å². The first-order chi connectivity index (χ1) is 16.1. The summed E-state index contributed by atoms with van der Waals surface area (Å²) in [6.07, 6.45) is 3.48. The second-order valence-electron chi connectivity index (χ2n) is 8.11. The molecule has 8 nitrogen and oxygen atoms in total. The molecule has 2 aromatic carbocycles. The summed E-state index contributed by atoms with van der Waals surface area (Å²) in [5.74, 6) is 1.98. The number of nitrogens with zero attached hydrogens (tertiary/aromatic N) is 4. The molecule has 0 radical (unpaired) electrons. The van der Waals surface area contributed by atoms with Crippen molar-refractivity contribution in [2.45, 2.75) is 25.2 Å². The normalized spacial score (nSPS) is 17.5. The number of hydrogen-bond donors (Lipinski definition) is 1. The molecule has 0 fully saturated rings. The number of Topliss-reactive ketones (excluding diaryl/α,β-unsaturated/α-hetero) is 1. The van der Waals surface area contributed by atoms with Gasteiger partial charge in [-0.1, -0.05) is 24.3 Å². The largest absolute Gasteiger partial charge is 0.507 e. The molecule has 0 saturated heterocycles. The molecule has 164 valence electrons. The molecule has 8 heteroatoms. The van der Waals surface area contributed by atoms with Crippen molar-refractivity contribution in [3.05, 3.63) is 77.3 Å². The molecule has 1 atom stereocenters. The van der Waals surface area contributed by atoms with E-state index in [2.05, 4.69) is 10.1 Å². The highest BCUT2D eigenvalue weighted by atomic mass is 16.5. The Morgan fingerprint density at radius 2 is 1.94 bits per heavy atom. The summed E-state index contributed by atoms with van der Waals surface area (Å²) in [6, 6.07) is 14.6. The van der Waals surface area contributed by atoms with Gasteiger partial charge in [-0.2, -0.15) is 0 Å². The molecule has 0 saturated carbocycles. The van der Waals surface area contributed by atoms with Crippen molar-refractivity contribution in [3.8, 4) is 28.8 Å². The maximum atomic E-state index is 13.1. The molecule has 6 rings (SSSR count).